The fraction of sp³-hybridized carbons (Fsp3) is 0.304. The van der Waals surface area contributed by atoms with Crippen LogP contribution in [0, 0.1) is 0 Å². The van der Waals surface area contributed by atoms with Crippen molar-refractivity contribution in [1.82, 2.24) is 20.4 Å². The van der Waals surface area contributed by atoms with Crippen LogP contribution in [0.15, 0.2) is 67.0 Å². The maximum absolute atomic E-state index is 12.5. The number of nitrogens with one attached hydrogen (secondary N) is 2. The van der Waals surface area contributed by atoms with E-state index in [-0.39, 0.29) is 11.4 Å². The Labute approximate surface area is 181 Å². The number of halogens is 1. The largest absolute Gasteiger partial charge is 0.381 e. The lowest BCUT2D eigenvalue weighted by atomic mass is 9.74. The second-order valence-electron chi connectivity index (χ2n) is 7.56. The Balaban J connectivity index is 1.36. The highest BCUT2D eigenvalue weighted by Crippen LogP contribution is 2.34. The van der Waals surface area contributed by atoms with E-state index in [9.17, 15) is 4.79 Å². The van der Waals surface area contributed by atoms with Crippen LogP contribution in [0.2, 0.25) is 5.02 Å². The third-order valence-electron chi connectivity index (χ3n) is 5.63. The van der Waals surface area contributed by atoms with E-state index < -0.39 is 0 Å². The summed E-state index contributed by atoms with van der Waals surface area (Å²) in [5, 5.41) is 11.0. The Morgan fingerprint density at radius 2 is 1.90 bits per heavy atom. The van der Waals surface area contributed by atoms with E-state index in [1.807, 2.05) is 60.8 Å². The second-order valence-corrected chi connectivity index (χ2v) is 7.99. The van der Waals surface area contributed by atoms with Gasteiger partial charge in [-0.1, -0.05) is 35.9 Å². The molecule has 2 N–H and O–H groups in total. The zero-order valence-electron chi connectivity index (χ0n) is 16.7. The average molecular weight is 425 g/mol. The first-order chi connectivity index (χ1) is 14.6. The summed E-state index contributed by atoms with van der Waals surface area (Å²) in [6, 6.07) is 17.6. The summed E-state index contributed by atoms with van der Waals surface area (Å²) in [4.78, 5) is 12.5. The molecular weight excluding hydrogens is 400 g/mol. The fourth-order valence-electron chi connectivity index (χ4n) is 3.86. The van der Waals surface area contributed by atoms with Gasteiger partial charge in [0.05, 0.1) is 5.69 Å². The number of carbonyl (C=O) groups excluding carboxylic acids is 1. The molecule has 1 aliphatic rings. The van der Waals surface area contributed by atoms with E-state index in [1.165, 1.54) is 5.56 Å². The predicted octanol–water partition coefficient (Wildman–Crippen LogP) is 4.07. The first-order valence-electron chi connectivity index (χ1n) is 10.1. The molecule has 0 bridgehead atoms. The van der Waals surface area contributed by atoms with Crippen molar-refractivity contribution in [3.63, 3.8) is 0 Å². The van der Waals surface area contributed by atoms with Crippen molar-refractivity contribution in [3.05, 3.63) is 83.1 Å². The number of urea groups is 1. The molecule has 3 aromatic rings. The third kappa shape index (κ3) is 4.83. The first-order valence-corrected chi connectivity index (χ1v) is 10.5. The minimum Gasteiger partial charge on any atom is -0.381 e. The first kappa shape index (κ1) is 20.4. The molecule has 2 heterocycles. The van der Waals surface area contributed by atoms with Gasteiger partial charge in [-0.2, -0.15) is 5.10 Å². The molecular formula is C23H25ClN4O2. The van der Waals surface area contributed by atoms with Crippen LogP contribution < -0.4 is 10.6 Å². The predicted molar refractivity (Wildman–Crippen MR) is 117 cm³/mol. The van der Waals surface area contributed by atoms with Crippen molar-refractivity contribution in [2.75, 3.05) is 19.8 Å². The molecule has 0 aliphatic carbocycles. The quantitative estimate of drug-likeness (QED) is 0.626. The normalized spacial score (nSPS) is 15.5. The number of ether oxygens (including phenoxy) is 1. The molecule has 1 saturated heterocycles. The molecule has 0 unspecified atom stereocenters. The Kier molecular flexibility index (Phi) is 6.35. The van der Waals surface area contributed by atoms with Gasteiger partial charge >= 0.3 is 6.03 Å². The van der Waals surface area contributed by atoms with Crippen molar-refractivity contribution >= 4 is 17.6 Å². The van der Waals surface area contributed by atoms with E-state index in [4.69, 9.17) is 16.3 Å². The lowest BCUT2D eigenvalue weighted by Gasteiger charge is -2.38. The molecule has 1 fully saturated rings. The summed E-state index contributed by atoms with van der Waals surface area (Å²) < 4.78 is 7.36. The van der Waals surface area contributed by atoms with Gasteiger partial charge < -0.3 is 15.4 Å². The van der Waals surface area contributed by atoms with Crippen molar-refractivity contribution in [3.8, 4) is 5.69 Å². The van der Waals surface area contributed by atoms with Crippen LogP contribution in [0.25, 0.3) is 5.69 Å². The number of hydrogen-bond acceptors (Lipinski definition) is 3. The molecule has 1 aromatic heterocycles. The van der Waals surface area contributed by atoms with Crippen molar-refractivity contribution < 1.29 is 9.53 Å². The standard InChI is InChI=1S/C23H25ClN4O2/c24-20-7-5-19(6-8-20)23(9-13-30-14-10-23)17-26-22(29)25-16-18-3-1-4-21(15-18)28-12-2-11-27-28/h1-8,11-12,15H,9-10,13-14,16-17H2,(H2,25,26,29). The zero-order valence-corrected chi connectivity index (χ0v) is 17.4. The highest BCUT2D eigenvalue weighted by atomic mass is 35.5. The number of rotatable bonds is 6. The van der Waals surface area contributed by atoms with E-state index in [0.717, 1.165) is 24.1 Å². The van der Waals surface area contributed by atoms with Gasteiger partial charge in [0.15, 0.2) is 0 Å². The summed E-state index contributed by atoms with van der Waals surface area (Å²) in [6.45, 7) is 2.37. The van der Waals surface area contributed by atoms with E-state index in [1.54, 1.807) is 10.9 Å². The Morgan fingerprint density at radius 3 is 2.63 bits per heavy atom. The van der Waals surface area contributed by atoms with Crippen LogP contribution in [-0.2, 0) is 16.7 Å². The Hall–Kier alpha value is -2.83. The molecule has 0 atom stereocenters. The van der Waals surface area contributed by atoms with Crippen LogP contribution in [0.5, 0.6) is 0 Å². The number of hydrogen-bond donors (Lipinski definition) is 2. The van der Waals surface area contributed by atoms with Gasteiger partial charge in [-0.15, -0.1) is 0 Å². The molecule has 0 spiro atoms. The molecule has 2 amide bonds. The van der Waals surface area contributed by atoms with E-state index in [2.05, 4.69) is 15.7 Å². The summed E-state index contributed by atoms with van der Waals surface area (Å²) in [5.74, 6) is 0. The Bertz CT molecular complexity index is 967. The van der Waals surface area contributed by atoms with Gasteiger partial charge in [-0.25, -0.2) is 9.48 Å². The molecule has 2 aromatic carbocycles. The van der Waals surface area contributed by atoms with Crippen molar-refractivity contribution in [1.29, 1.82) is 0 Å². The second kappa shape index (κ2) is 9.32. The van der Waals surface area contributed by atoms with E-state index in [0.29, 0.717) is 31.3 Å². The number of amides is 2. The van der Waals surface area contributed by atoms with Gasteiger partial charge in [0, 0.05) is 49.1 Å². The molecule has 30 heavy (non-hydrogen) atoms. The molecule has 0 radical (unpaired) electrons. The molecule has 6 nitrogen and oxygen atoms in total. The number of carbonyl (C=O) groups is 1. The molecule has 0 saturated carbocycles. The van der Waals surface area contributed by atoms with Gasteiger partial charge in [0.1, 0.15) is 0 Å². The van der Waals surface area contributed by atoms with Gasteiger partial charge in [-0.3, -0.25) is 0 Å². The Morgan fingerprint density at radius 1 is 1.10 bits per heavy atom. The monoisotopic (exact) mass is 424 g/mol. The van der Waals surface area contributed by atoms with Crippen molar-refractivity contribution in [2.45, 2.75) is 24.8 Å². The van der Waals surface area contributed by atoms with Crippen LogP contribution in [0.1, 0.15) is 24.0 Å². The highest BCUT2D eigenvalue weighted by molar-refractivity contribution is 6.30. The van der Waals surface area contributed by atoms with Crippen LogP contribution in [-0.4, -0.2) is 35.6 Å². The smallest absolute Gasteiger partial charge is 0.315 e. The topological polar surface area (TPSA) is 68.2 Å². The minimum atomic E-state index is -0.181. The van der Waals surface area contributed by atoms with Gasteiger partial charge in [0.25, 0.3) is 0 Å². The van der Waals surface area contributed by atoms with Crippen LogP contribution in [0.4, 0.5) is 4.79 Å². The summed E-state index contributed by atoms with van der Waals surface area (Å²) in [7, 11) is 0. The zero-order chi connectivity index (χ0) is 20.8. The maximum atomic E-state index is 12.5. The molecule has 4 rings (SSSR count). The van der Waals surface area contributed by atoms with Gasteiger partial charge in [0.2, 0.25) is 0 Å². The van der Waals surface area contributed by atoms with E-state index >= 15 is 0 Å². The average Bonchev–Trinajstić information content (AvgIpc) is 3.33. The fourth-order valence-corrected chi connectivity index (χ4v) is 3.98. The SMILES string of the molecule is O=C(NCc1cccc(-n2cccn2)c1)NCC1(c2ccc(Cl)cc2)CCOCC1. The summed E-state index contributed by atoms with van der Waals surface area (Å²) in [5.41, 5.74) is 3.02. The highest BCUT2D eigenvalue weighted by Gasteiger charge is 2.34. The molecule has 7 heteroatoms. The van der Waals surface area contributed by atoms with Crippen LogP contribution >= 0.6 is 11.6 Å². The number of benzene rings is 2. The summed E-state index contributed by atoms with van der Waals surface area (Å²) >= 11 is 6.06. The third-order valence-corrected chi connectivity index (χ3v) is 5.88. The lowest BCUT2D eigenvalue weighted by molar-refractivity contribution is 0.0507. The molecule has 156 valence electrons. The minimum absolute atomic E-state index is 0.139. The number of nitrogens with zero attached hydrogens (tertiary/aromatic N) is 2. The van der Waals surface area contributed by atoms with Crippen LogP contribution in [0.3, 0.4) is 0 Å². The summed E-state index contributed by atoms with van der Waals surface area (Å²) in [6.07, 6.45) is 5.36. The molecule has 1 aliphatic heterocycles. The van der Waals surface area contributed by atoms with Crippen molar-refractivity contribution in [2.24, 2.45) is 0 Å². The maximum Gasteiger partial charge on any atom is 0.315 e. The van der Waals surface area contributed by atoms with Gasteiger partial charge in [-0.05, 0) is 54.3 Å². The number of aromatic nitrogens is 2. The lowest BCUT2D eigenvalue weighted by Crippen LogP contribution is -2.47.